The molecule has 0 aliphatic rings. The van der Waals surface area contributed by atoms with Gasteiger partial charge in [0.25, 0.3) is 0 Å². The maximum absolute atomic E-state index is 13.0. The highest BCUT2D eigenvalue weighted by atomic mass is 32.2. The standard InChI is InChI=1S/C28H33N5O4S.C27H32N4O3S.C24H24N4O3S.3H2/c1-5-15-36-16-14-33(4)22-10-6-20(7-11-22)24-17-26(37-32-24)27-28(29)30-18-25(31-27)21-8-12-23(13-9-21)38(34,35)19(2)3;1-5-14-29-16-20-6-8-21(9-7-20)24(28)15-26(32)27-19(4)30-17-25(31-27)22-10-12-23(13-11-22)35(33,34)18(2)3;1-15(2)32(29,30)20-10-8-19(9-11-20)22-14-26-16(3)24(27-22)23-12-21(28-31-23)18-6-4-17(13-25)5-7-18;;;/h6-13,17-19H,5,14-16H2,1-4H3,(H2,29,30);6-13,15,17-18,29H,5,14,16,28H2,1-4H3;4-12,14-15H,13,25H2,1-3H3;3*1H. The van der Waals surface area contributed by atoms with Crippen molar-refractivity contribution in [3.05, 3.63) is 216 Å². The lowest BCUT2D eigenvalue weighted by Crippen LogP contribution is -2.22. The number of nitrogens with two attached hydrogens (primary N) is 3. The number of ether oxygens (including phenoxy) is 1. The van der Waals surface area contributed by atoms with E-state index in [1.807, 2.05) is 92.8 Å². The molecule has 105 heavy (non-hydrogen) atoms. The molecule has 7 N–H and O–H groups in total. The lowest BCUT2D eigenvalue weighted by atomic mass is 10.1. The summed E-state index contributed by atoms with van der Waals surface area (Å²) in [7, 11) is -8.02. The summed E-state index contributed by atoms with van der Waals surface area (Å²) >= 11 is 0. The van der Waals surface area contributed by atoms with Gasteiger partial charge in [-0.15, -0.1) is 0 Å². The van der Waals surface area contributed by atoms with E-state index in [-0.39, 0.29) is 36.3 Å². The zero-order valence-corrected chi connectivity index (χ0v) is 63.2. The molecular formula is C79H95N13O10S3. The number of nitrogens with zero attached hydrogens (tertiary/aromatic N) is 9. The van der Waals surface area contributed by atoms with Crippen LogP contribution in [0.3, 0.4) is 0 Å². The molecule has 26 heteroatoms. The molecule has 0 amide bonds. The minimum Gasteiger partial charge on any atom is -0.398 e. The van der Waals surface area contributed by atoms with E-state index in [1.54, 1.807) is 146 Å². The molecule has 0 radical (unpaired) electrons. The normalized spacial score (nSPS) is 11.9. The number of nitrogens with one attached hydrogen (secondary N) is 1. The fourth-order valence-electron chi connectivity index (χ4n) is 10.5. The van der Waals surface area contributed by atoms with Crippen LogP contribution < -0.4 is 27.4 Å². The van der Waals surface area contributed by atoms with Crippen molar-refractivity contribution in [1.29, 1.82) is 0 Å². The van der Waals surface area contributed by atoms with Gasteiger partial charge in [0.15, 0.2) is 52.5 Å². The predicted molar refractivity (Wildman–Crippen MR) is 419 cm³/mol. The number of hydrogen-bond acceptors (Lipinski definition) is 23. The molecule has 5 heterocycles. The third-order valence-corrected chi connectivity index (χ3v) is 23.6. The Kier molecular flexibility index (Phi) is 26.5. The van der Waals surface area contributed by atoms with Gasteiger partial charge in [0.05, 0.1) is 84.1 Å². The highest BCUT2D eigenvalue weighted by Gasteiger charge is 2.24. The van der Waals surface area contributed by atoms with Crippen LogP contribution in [0.1, 0.15) is 111 Å². The summed E-state index contributed by atoms with van der Waals surface area (Å²) in [4.78, 5) is 42.8. The van der Waals surface area contributed by atoms with E-state index in [2.05, 4.69) is 59.3 Å². The molecule has 23 nitrogen and oxygen atoms in total. The van der Waals surface area contributed by atoms with Crippen molar-refractivity contribution in [1.82, 2.24) is 45.5 Å². The SMILES string of the molecule is CCCNCc1ccc(C(N)=CC(=O)c2nc(-c3ccc(S(=O)(=O)C(C)C)cc3)cnc2C)cc1.CCCOCCN(C)c1ccc(-c2cc(-c3nc(-c4ccc(S(=O)(=O)C(C)C)cc4)cnc3N)on2)cc1.Cc1ncc(-c2ccc(S(=O)(=O)C(C)C)cc2)nc1-c1cc(-c2ccc(CN)cc2)no1.[HH].[HH].[HH]. The third-order valence-electron chi connectivity index (χ3n) is 17.1. The van der Waals surface area contributed by atoms with Gasteiger partial charge in [-0.25, -0.2) is 45.2 Å². The van der Waals surface area contributed by atoms with Crippen molar-refractivity contribution >= 4 is 52.5 Å². The number of carbonyl (C=O) groups is 1. The number of allylic oxidation sites excluding steroid dienone is 1. The van der Waals surface area contributed by atoms with E-state index in [0.29, 0.717) is 92.7 Å². The van der Waals surface area contributed by atoms with Gasteiger partial charge < -0.3 is 41.2 Å². The first-order valence-electron chi connectivity index (χ1n) is 34.4. The van der Waals surface area contributed by atoms with Crippen LogP contribution in [0.2, 0.25) is 0 Å². The van der Waals surface area contributed by atoms with E-state index < -0.39 is 45.3 Å². The first kappa shape index (κ1) is 78.7. The number of aryl methyl sites for hydroxylation is 2. The molecule has 0 unspecified atom stereocenters. The maximum atomic E-state index is 13.0. The molecule has 0 saturated carbocycles. The van der Waals surface area contributed by atoms with Crippen molar-refractivity contribution in [2.45, 2.75) is 126 Å². The number of sulfone groups is 3. The van der Waals surface area contributed by atoms with E-state index in [9.17, 15) is 30.0 Å². The van der Waals surface area contributed by atoms with E-state index in [1.165, 1.54) is 6.08 Å². The molecule has 0 spiro atoms. The molecule has 11 rings (SSSR count). The van der Waals surface area contributed by atoms with Gasteiger partial charge in [0.1, 0.15) is 22.8 Å². The Hall–Kier alpha value is -10.5. The summed E-state index contributed by atoms with van der Waals surface area (Å²) in [6.07, 6.45) is 8.22. The van der Waals surface area contributed by atoms with Gasteiger partial charge in [-0.2, -0.15) is 0 Å². The summed E-state index contributed by atoms with van der Waals surface area (Å²) in [6, 6.07) is 46.9. The van der Waals surface area contributed by atoms with Crippen molar-refractivity contribution in [2.75, 3.05) is 44.0 Å². The Morgan fingerprint density at radius 2 is 0.962 bits per heavy atom. The molecule has 554 valence electrons. The summed E-state index contributed by atoms with van der Waals surface area (Å²) in [6.45, 7) is 22.2. The smallest absolute Gasteiger partial charge is 0.208 e. The molecule has 6 aromatic carbocycles. The average Bonchev–Trinajstić information content (AvgIpc) is 1.83. The average molecular weight is 1480 g/mol. The van der Waals surface area contributed by atoms with Gasteiger partial charge >= 0.3 is 0 Å². The fourth-order valence-corrected chi connectivity index (χ4v) is 13.6. The third kappa shape index (κ3) is 19.7. The first-order chi connectivity index (χ1) is 50.1. The predicted octanol–water partition coefficient (Wildman–Crippen LogP) is 14.6. The van der Waals surface area contributed by atoms with Gasteiger partial charge in [-0.1, -0.05) is 121 Å². The number of aromatic nitrogens is 8. The number of nitrogen functional groups attached to an aromatic ring is 1. The van der Waals surface area contributed by atoms with Gasteiger partial charge in [0.2, 0.25) is 5.78 Å². The highest BCUT2D eigenvalue weighted by molar-refractivity contribution is 7.92. The van der Waals surface area contributed by atoms with E-state index in [0.717, 1.165) is 78.2 Å². The van der Waals surface area contributed by atoms with Crippen molar-refractivity contribution in [3.8, 4) is 79.2 Å². The summed E-state index contributed by atoms with van der Waals surface area (Å²) < 4.78 is 91.1. The minimum atomic E-state index is -3.37. The van der Waals surface area contributed by atoms with Crippen LogP contribution in [0, 0.1) is 13.8 Å². The Labute approximate surface area is 619 Å². The van der Waals surface area contributed by atoms with E-state index >= 15 is 0 Å². The second-order valence-electron chi connectivity index (χ2n) is 25.7. The topological polar surface area (TPSA) is 351 Å². The number of likely N-dealkylation sites (N-methyl/N-ethyl adjacent to an activating group) is 1. The quantitative estimate of drug-likeness (QED) is 0.0211. The molecule has 11 aromatic rings. The molecule has 5 aromatic heterocycles. The number of rotatable bonds is 27. The van der Waals surface area contributed by atoms with Crippen LogP contribution in [0.5, 0.6) is 0 Å². The monoisotopic (exact) mass is 1480 g/mol. The van der Waals surface area contributed by atoms with Crippen LogP contribution in [0.15, 0.2) is 206 Å². The van der Waals surface area contributed by atoms with Crippen LogP contribution >= 0.6 is 0 Å². The lowest BCUT2D eigenvalue weighted by Gasteiger charge is -2.19. The number of carbonyl (C=O) groups excluding carboxylic acids is 1. The molecular weight excluding hydrogens is 1390 g/mol. The van der Waals surface area contributed by atoms with E-state index in [4.69, 9.17) is 36.0 Å². The zero-order chi connectivity index (χ0) is 75.8. The lowest BCUT2D eigenvalue weighted by molar-refractivity contribution is 0.104. The molecule has 0 saturated heterocycles. The van der Waals surface area contributed by atoms with Gasteiger partial charge in [-0.05, 0) is 140 Å². The fraction of sp³-hybridized carbons (Fsp3) is 0.278. The molecule has 0 aliphatic heterocycles. The summed E-state index contributed by atoms with van der Waals surface area (Å²) in [5.74, 6) is 0.758. The van der Waals surface area contributed by atoms with Crippen LogP contribution in [-0.4, -0.2) is 120 Å². The summed E-state index contributed by atoms with van der Waals surface area (Å²) in [5, 5.41) is 10.2. The molecule has 0 aliphatic carbocycles. The number of hydrogen-bond donors (Lipinski definition) is 4. The largest absolute Gasteiger partial charge is 0.398 e. The second-order valence-corrected chi connectivity index (χ2v) is 33.2. The van der Waals surface area contributed by atoms with Crippen molar-refractivity contribution in [2.24, 2.45) is 11.5 Å². The van der Waals surface area contributed by atoms with Gasteiger partial charge in [-0.3, -0.25) is 14.8 Å². The first-order valence-corrected chi connectivity index (χ1v) is 39.0. The second kappa shape index (κ2) is 35.3. The molecule has 0 atom stereocenters. The van der Waals surface area contributed by atoms with Crippen LogP contribution in [0.25, 0.3) is 84.9 Å². The van der Waals surface area contributed by atoms with Crippen molar-refractivity contribution < 1.29 is 48.1 Å². The number of benzene rings is 6. The Morgan fingerprint density at radius 3 is 1.43 bits per heavy atom. The molecule has 0 fully saturated rings. The highest BCUT2D eigenvalue weighted by Crippen LogP contribution is 2.34. The number of anilines is 2. The zero-order valence-electron chi connectivity index (χ0n) is 60.8. The Morgan fingerprint density at radius 1 is 0.543 bits per heavy atom. The van der Waals surface area contributed by atoms with Crippen molar-refractivity contribution in [3.63, 3.8) is 0 Å². The Balaban J connectivity index is 0.000000251. The van der Waals surface area contributed by atoms with Crippen LogP contribution in [0.4, 0.5) is 11.5 Å². The molecule has 0 bridgehead atoms. The van der Waals surface area contributed by atoms with Gasteiger partial charge in [0, 0.05) is 95.0 Å². The van der Waals surface area contributed by atoms with Crippen LogP contribution in [-0.2, 0) is 47.3 Å². The summed E-state index contributed by atoms with van der Waals surface area (Å²) in [5.41, 5.74) is 31.6. The number of ketones is 1. The minimum absolute atomic E-state index is 0. The Bertz CT molecular complexity index is 5170. The maximum Gasteiger partial charge on any atom is 0.208 e.